The van der Waals surface area contributed by atoms with E-state index in [9.17, 15) is 18.0 Å². The first-order valence-corrected chi connectivity index (χ1v) is 15.7. The Labute approximate surface area is 240 Å². The van der Waals surface area contributed by atoms with Crippen LogP contribution in [0, 0.1) is 0 Å². The lowest BCUT2D eigenvalue weighted by atomic mass is 10.1. The fraction of sp³-hybridized carbons (Fsp3) is 0.481. The van der Waals surface area contributed by atoms with E-state index >= 15 is 0 Å². The minimum absolute atomic E-state index is 0.0636. The van der Waals surface area contributed by atoms with Crippen LogP contribution in [0.5, 0.6) is 0 Å². The number of rotatable bonds is 12. The first kappa shape index (κ1) is 30.5. The fourth-order valence-electron chi connectivity index (χ4n) is 4.73. The van der Waals surface area contributed by atoms with E-state index in [0.29, 0.717) is 27.2 Å². The molecule has 11 heteroatoms. The maximum atomic E-state index is 13.6. The second kappa shape index (κ2) is 13.9. The number of carbonyl (C=O) groups excluding carboxylic acids is 2. The molecule has 0 heterocycles. The van der Waals surface area contributed by atoms with Crippen LogP contribution in [-0.2, 0) is 26.2 Å². The molecule has 1 aliphatic rings. The molecule has 2 aromatic carbocycles. The van der Waals surface area contributed by atoms with Crippen molar-refractivity contribution in [3.63, 3.8) is 0 Å². The summed E-state index contributed by atoms with van der Waals surface area (Å²) in [7, 11) is -3.58. The molecule has 0 saturated heterocycles. The molecule has 0 bridgehead atoms. The summed E-state index contributed by atoms with van der Waals surface area (Å²) < 4.78 is 26.2. The topological polar surface area (TPSA) is 86.8 Å². The number of hydrogen-bond donors (Lipinski definition) is 1. The van der Waals surface area contributed by atoms with Crippen LogP contribution >= 0.6 is 34.8 Å². The average Bonchev–Trinajstić information content (AvgIpc) is 3.37. The normalized spacial score (nSPS) is 14.8. The van der Waals surface area contributed by atoms with Gasteiger partial charge in [-0.15, -0.1) is 0 Å². The van der Waals surface area contributed by atoms with E-state index in [4.69, 9.17) is 34.8 Å². The Bertz CT molecular complexity index is 1220. The van der Waals surface area contributed by atoms with Crippen molar-refractivity contribution < 1.29 is 18.0 Å². The van der Waals surface area contributed by atoms with Gasteiger partial charge in [0.1, 0.15) is 6.04 Å². The van der Waals surface area contributed by atoms with Crippen LogP contribution in [0.15, 0.2) is 42.5 Å². The summed E-state index contributed by atoms with van der Waals surface area (Å²) in [6.07, 6.45) is 5.94. The lowest BCUT2D eigenvalue weighted by Gasteiger charge is -2.32. The van der Waals surface area contributed by atoms with E-state index in [-0.39, 0.29) is 43.8 Å². The predicted molar refractivity (Wildman–Crippen MR) is 154 cm³/mol. The first-order valence-electron chi connectivity index (χ1n) is 12.8. The molecule has 1 atom stereocenters. The van der Waals surface area contributed by atoms with Crippen LogP contribution in [0.3, 0.4) is 0 Å². The summed E-state index contributed by atoms with van der Waals surface area (Å²) >= 11 is 18.2. The number of sulfonamides is 1. The quantitative estimate of drug-likeness (QED) is 0.320. The Hall–Kier alpha value is -2.00. The van der Waals surface area contributed by atoms with E-state index in [1.165, 1.54) is 4.31 Å². The Balaban J connectivity index is 1.77. The summed E-state index contributed by atoms with van der Waals surface area (Å²) in [5.41, 5.74) is 1.22. The molecule has 0 aromatic heterocycles. The molecule has 208 valence electrons. The maximum Gasteiger partial charge on any atom is 0.243 e. The molecule has 38 heavy (non-hydrogen) atoms. The van der Waals surface area contributed by atoms with Gasteiger partial charge in [-0.25, -0.2) is 8.42 Å². The molecule has 1 N–H and O–H groups in total. The third kappa shape index (κ3) is 8.50. The molecule has 1 fully saturated rings. The zero-order chi connectivity index (χ0) is 27.9. The lowest BCUT2D eigenvalue weighted by Crippen LogP contribution is -2.51. The van der Waals surface area contributed by atoms with Crippen molar-refractivity contribution in [2.75, 3.05) is 17.1 Å². The number of nitrogens with one attached hydrogen (secondary N) is 1. The van der Waals surface area contributed by atoms with E-state index < -0.39 is 16.1 Å². The summed E-state index contributed by atoms with van der Waals surface area (Å²) in [6, 6.07) is 11.1. The van der Waals surface area contributed by atoms with Crippen LogP contribution in [0.25, 0.3) is 0 Å². The van der Waals surface area contributed by atoms with Crippen molar-refractivity contribution in [1.29, 1.82) is 0 Å². The highest BCUT2D eigenvalue weighted by atomic mass is 35.5. The summed E-state index contributed by atoms with van der Waals surface area (Å²) in [5.74, 6) is -0.416. The van der Waals surface area contributed by atoms with Gasteiger partial charge in [-0.2, -0.15) is 0 Å². The van der Waals surface area contributed by atoms with Crippen LogP contribution in [0.4, 0.5) is 5.69 Å². The molecule has 1 saturated carbocycles. The Morgan fingerprint density at radius 1 is 1.03 bits per heavy atom. The number of hydrogen-bond acceptors (Lipinski definition) is 4. The highest BCUT2D eigenvalue weighted by molar-refractivity contribution is 7.92. The monoisotopic (exact) mass is 601 g/mol. The third-order valence-electron chi connectivity index (χ3n) is 6.69. The van der Waals surface area contributed by atoms with Crippen molar-refractivity contribution in [3.05, 3.63) is 63.1 Å². The first-order chi connectivity index (χ1) is 18.0. The molecule has 0 radical (unpaired) electrons. The molecule has 0 aliphatic heterocycles. The molecule has 2 amide bonds. The van der Waals surface area contributed by atoms with Crippen molar-refractivity contribution in [2.24, 2.45) is 0 Å². The lowest BCUT2D eigenvalue weighted by molar-refractivity contribution is -0.141. The Morgan fingerprint density at radius 2 is 1.68 bits per heavy atom. The van der Waals surface area contributed by atoms with Gasteiger partial charge in [-0.1, -0.05) is 60.6 Å². The highest BCUT2D eigenvalue weighted by Gasteiger charge is 2.31. The number of halogens is 3. The third-order valence-corrected chi connectivity index (χ3v) is 8.88. The molecule has 2 aromatic rings. The van der Waals surface area contributed by atoms with Gasteiger partial charge in [0, 0.05) is 30.6 Å². The molecule has 1 aliphatic carbocycles. The number of nitrogens with zero attached hydrogens (tertiary/aromatic N) is 2. The molecule has 0 unspecified atom stereocenters. The minimum Gasteiger partial charge on any atom is -0.352 e. The smallest absolute Gasteiger partial charge is 0.243 e. The van der Waals surface area contributed by atoms with Crippen molar-refractivity contribution >= 4 is 62.3 Å². The van der Waals surface area contributed by atoms with Crippen LogP contribution in [0.2, 0.25) is 15.1 Å². The van der Waals surface area contributed by atoms with Gasteiger partial charge in [0.15, 0.2) is 0 Å². The van der Waals surface area contributed by atoms with Gasteiger partial charge in [-0.05, 0) is 67.6 Å². The van der Waals surface area contributed by atoms with Crippen LogP contribution in [0.1, 0.15) is 57.4 Å². The van der Waals surface area contributed by atoms with E-state index in [1.807, 2.05) is 6.92 Å². The molecule has 0 spiro atoms. The average molecular weight is 603 g/mol. The maximum absolute atomic E-state index is 13.6. The van der Waals surface area contributed by atoms with Gasteiger partial charge in [0.25, 0.3) is 0 Å². The predicted octanol–water partition coefficient (Wildman–Crippen LogP) is 6.06. The van der Waals surface area contributed by atoms with Crippen LogP contribution < -0.4 is 9.62 Å². The molecule has 7 nitrogen and oxygen atoms in total. The fourth-order valence-corrected chi connectivity index (χ4v) is 6.15. The zero-order valence-corrected chi connectivity index (χ0v) is 24.7. The van der Waals surface area contributed by atoms with E-state index in [2.05, 4.69) is 5.32 Å². The second-order valence-electron chi connectivity index (χ2n) is 9.60. The van der Waals surface area contributed by atoms with Crippen LogP contribution in [-0.4, -0.2) is 50.0 Å². The second-order valence-corrected chi connectivity index (χ2v) is 12.8. The summed E-state index contributed by atoms with van der Waals surface area (Å²) in [4.78, 5) is 28.4. The SMILES string of the molecule is CC[C@@H](C(=O)NC1CCCC1)N(Cc1ccc(Cl)c(Cl)c1)C(=O)CCCN(c1ccc(Cl)cc1)S(C)(=O)=O. The van der Waals surface area contributed by atoms with Gasteiger partial charge in [0.05, 0.1) is 22.0 Å². The summed E-state index contributed by atoms with van der Waals surface area (Å²) in [6.45, 7) is 2.16. The Morgan fingerprint density at radius 3 is 2.26 bits per heavy atom. The molecule has 3 rings (SSSR count). The van der Waals surface area contributed by atoms with Gasteiger partial charge < -0.3 is 10.2 Å². The largest absolute Gasteiger partial charge is 0.352 e. The Kier molecular flexibility index (Phi) is 11.2. The summed E-state index contributed by atoms with van der Waals surface area (Å²) in [5, 5.41) is 4.38. The van der Waals surface area contributed by atoms with Gasteiger partial charge >= 0.3 is 0 Å². The number of benzene rings is 2. The minimum atomic E-state index is -3.58. The van der Waals surface area contributed by atoms with Gasteiger partial charge in [-0.3, -0.25) is 13.9 Å². The number of anilines is 1. The number of carbonyl (C=O) groups is 2. The molecular formula is C27H34Cl3N3O4S. The van der Waals surface area contributed by atoms with Crippen molar-refractivity contribution in [1.82, 2.24) is 10.2 Å². The zero-order valence-electron chi connectivity index (χ0n) is 21.6. The number of amides is 2. The van der Waals surface area contributed by atoms with Crippen molar-refractivity contribution in [2.45, 2.75) is 70.5 Å². The van der Waals surface area contributed by atoms with E-state index in [0.717, 1.165) is 37.5 Å². The molecular weight excluding hydrogens is 569 g/mol. The van der Waals surface area contributed by atoms with Crippen molar-refractivity contribution in [3.8, 4) is 0 Å². The van der Waals surface area contributed by atoms with E-state index in [1.54, 1.807) is 47.4 Å². The standard InChI is InChI=1S/C27H34Cl3N3O4S/c1-3-25(27(35)31-21-7-4-5-8-21)32(18-19-10-15-23(29)24(30)17-19)26(34)9-6-16-33(38(2,36)37)22-13-11-20(28)12-14-22/h10-15,17,21,25H,3-9,16,18H2,1-2H3,(H,31,35)/t25-/m0/s1. The van der Waals surface area contributed by atoms with Gasteiger partial charge in [0.2, 0.25) is 21.8 Å². The highest BCUT2D eigenvalue weighted by Crippen LogP contribution is 2.26.